The third-order valence-corrected chi connectivity index (χ3v) is 1.64. The third kappa shape index (κ3) is 3.42. The van der Waals surface area contributed by atoms with E-state index in [1.54, 1.807) is 6.92 Å². The van der Waals surface area contributed by atoms with Crippen molar-refractivity contribution in [1.29, 1.82) is 0 Å². The molecule has 0 bridgehead atoms. The van der Waals surface area contributed by atoms with Gasteiger partial charge in [0.25, 0.3) is 0 Å². The first kappa shape index (κ1) is 9.98. The molecule has 1 rings (SSSR count). The van der Waals surface area contributed by atoms with Gasteiger partial charge in [-0.2, -0.15) is 4.98 Å². The van der Waals surface area contributed by atoms with E-state index in [4.69, 9.17) is 4.52 Å². The molecule has 1 heterocycles. The molecule has 0 radical (unpaired) electrons. The summed E-state index contributed by atoms with van der Waals surface area (Å²) in [5.41, 5.74) is 0. The van der Waals surface area contributed by atoms with Crippen LogP contribution in [0.2, 0.25) is 0 Å². The molecule has 74 valence electrons. The molecule has 0 aliphatic carbocycles. The molecule has 13 heavy (non-hydrogen) atoms. The van der Waals surface area contributed by atoms with Crippen LogP contribution < -0.4 is 5.32 Å². The summed E-state index contributed by atoms with van der Waals surface area (Å²) in [6.07, 6.45) is 1.39. The van der Waals surface area contributed by atoms with Crippen LogP contribution in [0.5, 0.6) is 0 Å². The van der Waals surface area contributed by atoms with E-state index in [9.17, 15) is 5.11 Å². The van der Waals surface area contributed by atoms with Crippen LogP contribution in [0.1, 0.15) is 25.6 Å². The van der Waals surface area contributed by atoms with E-state index >= 15 is 0 Å². The van der Waals surface area contributed by atoms with E-state index in [-0.39, 0.29) is 6.10 Å². The highest BCUT2D eigenvalue weighted by atomic mass is 16.5. The van der Waals surface area contributed by atoms with Gasteiger partial charge in [-0.15, -0.1) is 0 Å². The minimum atomic E-state index is -0.350. The number of hydrogen-bond donors (Lipinski definition) is 2. The van der Waals surface area contributed by atoms with Gasteiger partial charge in [-0.25, -0.2) is 0 Å². The van der Waals surface area contributed by atoms with Gasteiger partial charge in [0.15, 0.2) is 5.82 Å². The van der Waals surface area contributed by atoms with Crippen LogP contribution in [-0.2, 0) is 0 Å². The van der Waals surface area contributed by atoms with Gasteiger partial charge in [0.2, 0.25) is 0 Å². The van der Waals surface area contributed by atoms with E-state index in [0.717, 1.165) is 12.8 Å². The standard InChI is InChI=1S/C8H15N3O2/c1-3-4-7(12)5-9-8-10-6(2)11-13-8/h7,12H,3-5H2,1-2H3,(H,9,10,11). The summed E-state index contributed by atoms with van der Waals surface area (Å²) in [4.78, 5) is 3.94. The maximum Gasteiger partial charge on any atom is 0.321 e. The molecule has 1 unspecified atom stereocenters. The summed E-state index contributed by atoms with van der Waals surface area (Å²) in [6, 6.07) is 0.368. The van der Waals surface area contributed by atoms with Crippen molar-refractivity contribution in [2.75, 3.05) is 11.9 Å². The van der Waals surface area contributed by atoms with Crippen molar-refractivity contribution >= 4 is 6.01 Å². The molecule has 0 saturated carbocycles. The zero-order valence-electron chi connectivity index (χ0n) is 7.95. The fourth-order valence-corrected chi connectivity index (χ4v) is 1.01. The van der Waals surface area contributed by atoms with Gasteiger partial charge in [-0.3, -0.25) is 0 Å². The van der Waals surface area contributed by atoms with Crippen LogP contribution >= 0.6 is 0 Å². The second kappa shape index (κ2) is 4.81. The van der Waals surface area contributed by atoms with Crippen molar-refractivity contribution in [3.05, 3.63) is 5.82 Å². The molecule has 1 aromatic rings. The lowest BCUT2D eigenvalue weighted by atomic mass is 10.2. The first-order valence-electron chi connectivity index (χ1n) is 4.44. The van der Waals surface area contributed by atoms with Crippen LogP contribution in [-0.4, -0.2) is 27.9 Å². The molecule has 0 fully saturated rings. The van der Waals surface area contributed by atoms with Crippen molar-refractivity contribution in [2.45, 2.75) is 32.8 Å². The molecule has 1 atom stereocenters. The average Bonchev–Trinajstić information content (AvgIpc) is 2.49. The van der Waals surface area contributed by atoms with E-state index < -0.39 is 0 Å². The summed E-state index contributed by atoms with van der Waals surface area (Å²) < 4.78 is 4.81. The molecule has 1 aromatic heterocycles. The van der Waals surface area contributed by atoms with Crippen LogP contribution in [0.15, 0.2) is 4.52 Å². The van der Waals surface area contributed by atoms with E-state index in [2.05, 4.69) is 15.5 Å². The SMILES string of the molecule is CCCC(O)CNc1nc(C)no1. The summed E-state index contributed by atoms with van der Waals surface area (Å²) in [5.74, 6) is 0.590. The third-order valence-electron chi connectivity index (χ3n) is 1.64. The van der Waals surface area contributed by atoms with E-state index in [1.807, 2.05) is 6.92 Å². The number of aryl methyl sites for hydroxylation is 1. The van der Waals surface area contributed by atoms with Gasteiger partial charge in [0, 0.05) is 6.54 Å². The average molecular weight is 185 g/mol. The minimum Gasteiger partial charge on any atom is -0.391 e. The number of anilines is 1. The van der Waals surface area contributed by atoms with Gasteiger partial charge in [-0.1, -0.05) is 18.5 Å². The molecule has 5 heteroatoms. The minimum absolute atomic E-state index is 0.350. The predicted octanol–water partition coefficient (Wildman–Crippen LogP) is 0.951. The first-order valence-corrected chi connectivity index (χ1v) is 4.44. The summed E-state index contributed by atoms with van der Waals surface area (Å²) in [7, 11) is 0. The number of aliphatic hydroxyl groups is 1. The van der Waals surface area contributed by atoms with Crippen LogP contribution in [0, 0.1) is 6.92 Å². The van der Waals surface area contributed by atoms with Crippen LogP contribution in [0.4, 0.5) is 6.01 Å². The van der Waals surface area contributed by atoms with Gasteiger partial charge in [-0.05, 0) is 13.3 Å². The lowest BCUT2D eigenvalue weighted by molar-refractivity contribution is 0.175. The molecule has 2 N–H and O–H groups in total. The normalized spacial score (nSPS) is 12.8. The highest BCUT2D eigenvalue weighted by molar-refractivity contribution is 5.17. The Kier molecular flexibility index (Phi) is 3.70. The number of hydrogen-bond acceptors (Lipinski definition) is 5. The Balaban J connectivity index is 2.26. The van der Waals surface area contributed by atoms with Crippen molar-refractivity contribution in [2.24, 2.45) is 0 Å². The lowest BCUT2D eigenvalue weighted by Crippen LogP contribution is -2.19. The van der Waals surface area contributed by atoms with Crippen LogP contribution in [0.25, 0.3) is 0 Å². The zero-order chi connectivity index (χ0) is 9.68. The first-order chi connectivity index (χ1) is 6.22. The smallest absolute Gasteiger partial charge is 0.321 e. The van der Waals surface area contributed by atoms with Gasteiger partial charge in [0.05, 0.1) is 6.10 Å². The molecular weight excluding hydrogens is 170 g/mol. The molecule has 0 spiro atoms. The fraction of sp³-hybridized carbons (Fsp3) is 0.750. The number of nitrogens with zero attached hydrogens (tertiary/aromatic N) is 2. The lowest BCUT2D eigenvalue weighted by Gasteiger charge is -2.07. The number of nitrogens with one attached hydrogen (secondary N) is 1. The van der Waals surface area contributed by atoms with Crippen LogP contribution in [0.3, 0.4) is 0 Å². The zero-order valence-corrected chi connectivity index (χ0v) is 7.95. The number of aromatic nitrogens is 2. The number of rotatable bonds is 5. The highest BCUT2D eigenvalue weighted by Crippen LogP contribution is 2.03. The van der Waals surface area contributed by atoms with Gasteiger partial charge < -0.3 is 14.9 Å². The maximum atomic E-state index is 9.36. The van der Waals surface area contributed by atoms with Crippen molar-refractivity contribution in [3.8, 4) is 0 Å². The molecule has 5 nitrogen and oxygen atoms in total. The highest BCUT2D eigenvalue weighted by Gasteiger charge is 2.05. The Bertz CT molecular complexity index is 249. The van der Waals surface area contributed by atoms with Crippen molar-refractivity contribution < 1.29 is 9.63 Å². The van der Waals surface area contributed by atoms with Crippen molar-refractivity contribution in [3.63, 3.8) is 0 Å². The van der Waals surface area contributed by atoms with Gasteiger partial charge in [0.1, 0.15) is 0 Å². The Hall–Kier alpha value is -1.10. The molecule has 0 aliphatic heterocycles. The molecular formula is C8H15N3O2. The Morgan fingerprint density at radius 1 is 1.62 bits per heavy atom. The molecule has 0 aliphatic rings. The fourth-order valence-electron chi connectivity index (χ4n) is 1.01. The summed E-state index contributed by atoms with van der Waals surface area (Å²) >= 11 is 0. The van der Waals surface area contributed by atoms with E-state index in [1.165, 1.54) is 0 Å². The summed E-state index contributed by atoms with van der Waals surface area (Å²) in [5, 5.41) is 15.8. The summed E-state index contributed by atoms with van der Waals surface area (Å²) in [6.45, 7) is 4.23. The second-order valence-electron chi connectivity index (χ2n) is 2.97. The molecule has 0 amide bonds. The monoisotopic (exact) mass is 185 g/mol. The Labute approximate surface area is 77.2 Å². The van der Waals surface area contributed by atoms with Crippen molar-refractivity contribution in [1.82, 2.24) is 10.1 Å². The predicted molar refractivity (Wildman–Crippen MR) is 48.4 cm³/mol. The number of aliphatic hydroxyl groups excluding tert-OH is 1. The van der Waals surface area contributed by atoms with E-state index in [0.29, 0.717) is 18.4 Å². The topological polar surface area (TPSA) is 71.2 Å². The maximum absolute atomic E-state index is 9.36. The van der Waals surface area contributed by atoms with Gasteiger partial charge >= 0.3 is 6.01 Å². The molecule has 0 aromatic carbocycles. The molecule has 0 saturated heterocycles. The largest absolute Gasteiger partial charge is 0.391 e. The quantitative estimate of drug-likeness (QED) is 0.714. The second-order valence-corrected chi connectivity index (χ2v) is 2.97. The Morgan fingerprint density at radius 2 is 2.38 bits per heavy atom. The Morgan fingerprint density at radius 3 is 2.92 bits per heavy atom.